The van der Waals surface area contributed by atoms with Gasteiger partial charge in [-0.2, -0.15) is 0 Å². The summed E-state index contributed by atoms with van der Waals surface area (Å²) in [5.74, 6) is 31.1. The van der Waals surface area contributed by atoms with Gasteiger partial charge in [-0.05, 0) is 62.8 Å². The molecule has 0 unspecified atom stereocenters. The van der Waals surface area contributed by atoms with Crippen LogP contribution in [0.3, 0.4) is 0 Å². The Morgan fingerprint density at radius 1 is 0.265 bits per heavy atom. The third-order valence-electron chi connectivity index (χ3n) is 10.7. The molecule has 0 heterocycles. The average Bonchev–Trinajstić information content (AvgIpc) is 3.36. The molecule has 6 heteroatoms. The Morgan fingerprint density at radius 3 is 0.647 bits per heavy atom. The van der Waals surface area contributed by atoms with Crippen molar-refractivity contribution in [1.82, 2.24) is 0 Å². The second-order valence-corrected chi connectivity index (χ2v) is 16.5. The van der Waals surface area contributed by atoms with E-state index in [0.29, 0.717) is 96.4 Å². The van der Waals surface area contributed by atoms with Gasteiger partial charge in [0.1, 0.15) is 34.5 Å². The first-order valence-corrected chi connectivity index (χ1v) is 25.0. The molecular formula is C62H70O6. The van der Waals surface area contributed by atoms with E-state index in [1.165, 1.54) is 0 Å². The van der Waals surface area contributed by atoms with E-state index in [0.717, 1.165) is 99.3 Å². The molecule has 0 saturated heterocycles. The molecule has 0 spiro atoms. The van der Waals surface area contributed by atoms with E-state index in [1.54, 1.807) is 0 Å². The van der Waals surface area contributed by atoms with Gasteiger partial charge in [0.25, 0.3) is 0 Å². The molecule has 354 valence electrons. The van der Waals surface area contributed by atoms with Crippen molar-refractivity contribution in [2.75, 3.05) is 39.6 Å². The highest BCUT2D eigenvalue weighted by molar-refractivity contribution is 5.65. The van der Waals surface area contributed by atoms with E-state index in [-0.39, 0.29) is 0 Å². The monoisotopic (exact) mass is 911 g/mol. The summed E-state index contributed by atoms with van der Waals surface area (Å²) in [4.78, 5) is 0. The lowest BCUT2D eigenvalue weighted by molar-refractivity contribution is 0.299. The Hall–Kier alpha value is -6.86. The molecule has 0 aliphatic rings. The van der Waals surface area contributed by atoms with Gasteiger partial charge in [-0.3, -0.25) is 0 Å². The van der Waals surface area contributed by atoms with Gasteiger partial charge in [0.15, 0.2) is 0 Å². The minimum atomic E-state index is 0.531. The Bertz CT molecular complexity index is 2390. The number of hydrogen-bond donors (Lipinski definition) is 0. The van der Waals surface area contributed by atoms with Gasteiger partial charge < -0.3 is 28.4 Å². The van der Waals surface area contributed by atoms with Gasteiger partial charge in [-0.15, -0.1) is 0 Å². The molecule has 0 atom stereocenters. The normalized spacial score (nSPS) is 10.2. The maximum Gasteiger partial charge on any atom is 0.136 e. The molecule has 0 N–H and O–H groups in total. The molecule has 0 aliphatic heterocycles. The predicted molar refractivity (Wildman–Crippen MR) is 279 cm³/mol. The number of unbranched alkanes of at least 4 members (excludes halogenated alkanes) is 6. The summed E-state index contributed by atoms with van der Waals surface area (Å²) >= 11 is 0. The highest BCUT2D eigenvalue weighted by atomic mass is 16.5. The lowest BCUT2D eigenvalue weighted by Crippen LogP contribution is -2.04. The quantitative estimate of drug-likeness (QED) is 0.0454. The zero-order valence-electron chi connectivity index (χ0n) is 41.4. The van der Waals surface area contributed by atoms with E-state index in [4.69, 9.17) is 28.4 Å². The highest BCUT2D eigenvalue weighted by Gasteiger charge is 2.15. The standard InChI is InChI=1S/C62H70O6/c1-7-13-37-63-57-45-53(59(65-39-15-9-3)43-51(57)31-29-49-25-21-19-22-26-49)33-35-55-47-62(68-42-18-12-6)56(48-61(55)67-41-17-11-5)36-34-54-46-58(64-38-14-8-2)52(44-60(54)66-40-16-10-4)32-30-50-27-23-20-24-28-50/h19-28,43-48H,7-18,37-42H2,1-6H3. The van der Waals surface area contributed by atoms with Crippen molar-refractivity contribution in [3.63, 3.8) is 0 Å². The lowest BCUT2D eigenvalue weighted by atomic mass is 10.0. The minimum Gasteiger partial charge on any atom is -0.492 e. The van der Waals surface area contributed by atoms with Crippen molar-refractivity contribution in [3.8, 4) is 81.9 Å². The molecule has 0 radical (unpaired) electrons. The van der Waals surface area contributed by atoms with Gasteiger partial charge in [0.05, 0.1) is 73.0 Å². The summed E-state index contributed by atoms with van der Waals surface area (Å²) in [5, 5.41) is 0. The van der Waals surface area contributed by atoms with E-state index < -0.39 is 0 Å². The third-order valence-corrected chi connectivity index (χ3v) is 10.7. The second kappa shape index (κ2) is 30.4. The molecule has 5 aromatic rings. The van der Waals surface area contributed by atoms with E-state index in [1.807, 2.05) is 97.1 Å². The highest BCUT2D eigenvalue weighted by Crippen LogP contribution is 2.33. The molecule has 0 bridgehead atoms. The van der Waals surface area contributed by atoms with Crippen molar-refractivity contribution in [2.24, 2.45) is 0 Å². The molecule has 5 aromatic carbocycles. The Kier molecular flexibility index (Phi) is 23.3. The number of hydrogen-bond acceptors (Lipinski definition) is 6. The van der Waals surface area contributed by atoms with Crippen LogP contribution < -0.4 is 28.4 Å². The second-order valence-electron chi connectivity index (χ2n) is 16.5. The summed E-state index contributed by atoms with van der Waals surface area (Å²) in [5.41, 5.74) is 6.16. The van der Waals surface area contributed by atoms with Gasteiger partial charge in [0.2, 0.25) is 0 Å². The fourth-order valence-electron chi connectivity index (χ4n) is 6.53. The largest absolute Gasteiger partial charge is 0.492 e. The van der Waals surface area contributed by atoms with Crippen molar-refractivity contribution in [1.29, 1.82) is 0 Å². The van der Waals surface area contributed by atoms with Crippen LogP contribution in [0.15, 0.2) is 97.1 Å². The summed E-state index contributed by atoms with van der Waals surface area (Å²) in [6, 6.07) is 31.7. The van der Waals surface area contributed by atoms with Crippen LogP contribution in [0.1, 0.15) is 163 Å². The lowest BCUT2D eigenvalue weighted by Gasteiger charge is -2.15. The van der Waals surface area contributed by atoms with Crippen LogP contribution in [-0.4, -0.2) is 39.6 Å². The maximum atomic E-state index is 6.51. The van der Waals surface area contributed by atoms with Crippen LogP contribution in [0.4, 0.5) is 0 Å². The summed E-state index contributed by atoms with van der Waals surface area (Å²) in [6.45, 7) is 16.2. The van der Waals surface area contributed by atoms with Crippen LogP contribution in [0, 0.1) is 47.4 Å². The molecule has 6 nitrogen and oxygen atoms in total. The summed E-state index contributed by atoms with van der Waals surface area (Å²) in [7, 11) is 0. The summed E-state index contributed by atoms with van der Waals surface area (Å²) < 4.78 is 38.6. The SMILES string of the molecule is CCCCOc1cc(C#Cc2cc(OCCCC)c(C#Cc3cc(OCCCC)c(C#Cc4ccccc4)cc3OCCCC)cc2OCCCC)c(OCCCC)cc1C#Cc1ccccc1. The molecular weight excluding hydrogens is 841 g/mol. The third kappa shape index (κ3) is 17.4. The number of ether oxygens (including phenoxy) is 6. The van der Waals surface area contributed by atoms with E-state index in [9.17, 15) is 0 Å². The van der Waals surface area contributed by atoms with Gasteiger partial charge in [-0.25, -0.2) is 0 Å². The first kappa shape index (κ1) is 52.1. The van der Waals surface area contributed by atoms with Gasteiger partial charge in [0, 0.05) is 47.5 Å². The van der Waals surface area contributed by atoms with Gasteiger partial charge in [-0.1, -0.05) is 164 Å². The molecule has 68 heavy (non-hydrogen) atoms. The van der Waals surface area contributed by atoms with Gasteiger partial charge >= 0.3 is 0 Å². The van der Waals surface area contributed by atoms with Crippen molar-refractivity contribution in [2.45, 2.75) is 119 Å². The molecule has 0 aromatic heterocycles. The van der Waals surface area contributed by atoms with E-state index in [2.05, 4.69) is 88.9 Å². The maximum absolute atomic E-state index is 6.51. The minimum absolute atomic E-state index is 0.531. The van der Waals surface area contributed by atoms with Crippen molar-refractivity contribution in [3.05, 3.63) is 142 Å². The zero-order chi connectivity index (χ0) is 48.0. The fourth-order valence-corrected chi connectivity index (χ4v) is 6.53. The molecule has 0 fully saturated rings. The topological polar surface area (TPSA) is 55.4 Å². The Balaban J connectivity index is 1.65. The van der Waals surface area contributed by atoms with E-state index >= 15 is 0 Å². The Labute approximate surface area is 408 Å². The molecule has 5 rings (SSSR count). The van der Waals surface area contributed by atoms with Crippen LogP contribution in [0.2, 0.25) is 0 Å². The molecule has 0 amide bonds. The fraction of sp³-hybridized carbons (Fsp3) is 0.387. The first-order valence-electron chi connectivity index (χ1n) is 25.0. The smallest absolute Gasteiger partial charge is 0.136 e. The average molecular weight is 911 g/mol. The van der Waals surface area contributed by atoms with Crippen LogP contribution >= 0.6 is 0 Å². The Morgan fingerprint density at radius 2 is 0.456 bits per heavy atom. The zero-order valence-corrected chi connectivity index (χ0v) is 41.4. The van der Waals surface area contributed by atoms with Crippen LogP contribution in [0.5, 0.6) is 34.5 Å². The number of rotatable bonds is 24. The summed E-state index contributed by atoms with van der Waals surface area (Å²) in [6.07, 6.45) is 11.5. The predicted octanol–water partition coefficient (Wildman–Crippen LogP) is 14.4. The molecule has 0 saturated carbocycles. The number of benzene rings is 5. The molecule has 0 aliphatic carbocycles. The van der Waals surface area contributed by atoms with Crippen molar-refractivity contribution < 1.29 is 28.4 Å². The van der Waals surface area contributed by atoms with Crippen LogP contribution in [0.25, 0.3) is 0 Å². The first-order chi connectivity index (χ1) is 33.5. The van der Waals surface area contributed by atoms with Crippen molar-refractivity contribution >= 4 is 0 Å². The van der Waals surface area contributed by atoms with Crippen LogP contribution in [-0.2, 0) is 0 Å².